The number of aliphatic carboxylic acids is 1. The normalized spacial score (nSPS) is 13.6. The maximum absolute atomic E-state index is 15.1. The van der Waals surface area contributed by atoms with E-state index in [1.165, 1.54) is 0 Å². The van der Waals surface area contributed by atoms with E-state index in [4.69, 9.17) is 129 Å². The number of unbranched alkanes of at least 4 members (excludes halogenated alkanes) is 3. The smallest absolute Gasteiger partial charge is 0.326 e. The minimum absolute atomic E-state index is 0.00200. The van der Waals surface area contributed by atoms with E-state index in [1.54, 1.807) is 0 Å². The molecule has 13 atom stereocenters. The number of hydrogen-bond acceptors (Lipinski definition) is 27. The molecule has 0 aromatic heterocycles. The van der Waals surface area contributed by atoms with Crippen LogP contribution in [0.2, 0.25) is 0 Å². The highest BCUT2D eigenvalue weighted by Crippen LogP contribution is 2.15. The second kappa shape index (κ2) is 71.5. The molecule has 13 amide bonds. The summed E-state index contributed by atoms with van der Waals surface area (Å²) in [5.74, 6) is -18.2. The molecule has 0 radical (unpaired) electrons. The molecule has 772 valence electrons. The SMILES string of the molecule is N=C(N)NCCC[C@H](NC(=O)[C@H](CCCNC(=N)N)NC(=O)[C@H](CCCNC(=N)N)NC(=O)[C@H](CCC(N)=O)NC(=O)[C@H](CCCNC(=N)N)NC(=O)[C@H](CCCNC(=N)N)NC(=O)[C@H](CCCCN)NC(=O)[C@H](CCCCN)NC(=O)[C@H](CCCNC(=N)N)NC(=O)[C@H](CCCNC(=N)N)NC(=O)[C@H](CCCNC(=N)N)NC(=O)[C@H](CCCNC(=N)N)NC(=O)[C@@H](N)CCCCN)C(=O)O. The summed E-state index contributed by atoms with van der Waals surface area (Å²) in [5.41, 5.74) is 79.0. The minimum Gasteiger partial charge on any atom is -0.480 e. The van der Waals surface area contributed by atoms with Crippen molar-refractivity contribution in [2.45, 2.75) is 265 Å². The Balaban J connectivity index is 8.14. The van der Waals surface area contributed by atoms with Crippen molar-refractivity contribution in [1.82, 2.24) is 112 Å². The highest BCUT2D eigenvalue weighted by atomic mass is 16.4. The van der Waals surface area contributed by atoms with Gasteiger partial charge >= 0.3 is 5.97 Å². The van der Waals surface area contributed by atoms with Gasteiger partial charge in [-0.2, -0.15) is 0 Å². The lowest BCUT2D eigenvalue weighted by Crippen LogP contribution is -2.61. The Morgan fingerprint density at radius 3 is 0.493 bits per heavy atom. The molecule has 0 aliphatic rings. The highest BCUT2D eigenvalue weighted by molar-refractivity contribution is 6.00. The van der Waals surface area contributed by atoms with Gasteiger partial charge in [-0.3, -0.25) is 111 Å². The van der Waals surface area contributed by atoms with Gasteiger partial charge in [0.1, 0.15) is 72.5 Å². The maximum Gasteiger partial charge on any atom is 0.326 e. The number of carbonyl (C=O) groups is 14. The molecular formula is C77H154N44O15. The number of nitrogens with two attached hydrogens (primary N) is 14. The molecule has 136 heavy (non-hydrogen) atoms. The molecule has 0 aliphatic carbocycles. The minimum atomic E-state index is -1.79. The summed E-state index contributed by atoms with van der Waals surface area (Å²) in [6.45, 7) is 0.389. The van der Waals surface area contributed by atoms with Crippen LogP contribution in [0.1, 0.15) is 186 Å². The zero-order valence-corrected chi connectivity index (χ0v) is 77.2. The van der Waals surface area contributed by atoms with Gasteiger partial charge in [-0.25, -0.2) is 4.79 Å². The predicted octanol–water partition coefficient (Wildman–Crippen LogP) is -13.8. The lowest BCUT2D eigenvalue weighted by Gasteiger charge is -2.29. The molecule has 59 heteroatoms. The highest BCUT2D eigenvalue weighted by Gasteiger charge is 2.38. The van der Waals surface area contributed by atoms with Crippen molar-refractivity contribution in [3.8, 4) is 0 Å². The van der Waals surface area contributed by atoms with Gasteiger partial charge in [0.05, 0.1) is 6.04 Å². The van der Waals surface area contributed by atoms with Gasteiger partial charge < -0.3 is 197 Å². The van der Waals surface area contributed by atoms with Crippen molar-refractivity contribution in [3.63, 3.8) is 0 Å². The quantitative estimate of drug-likeness (QED) is 0.0153. The zero-order chi connectivity index (χ0) is 103. The predicted molar refractivity (Wildman–Crippen MR) is 508 cm³/mol. The Hall–Kier alpha value is -14.1. The first-order valence-corrected chi connectivity index (χ1v) is 45.1. The lowest BCUT2D eigenvalue weighted by molar-refractivity contribution is -0.142. The van der Waals surface area contributed by atoms with Crippen LogP contribution in [0.3, 0.4) is 0 Å². The second-order valence-corrected chi connectivity index (χ2v) is 31.9. The fraction of sp³-hybridized carbons (Fsp3) is 0.701. The molecule has 0 fully saturated rings. The number of carboxylic acids is 1. The van der Waals surface area contributed by atoms with Crippen molar-refractivity contribution >= 4 is 136 Å². The van der Waals surface area contributed by atoms with Gasteiger partial charge in [0.25, 0.3) is 0 Å². The van der Waals surface area contributed by atoms with E-state index in [1.807, 2.05) is 0 Å². The monoisotopic (exact) mass is 1940 g/mol. The molecule has 0 unspecified atom stereocenters. The van der Waals surface area contributed by atoms with E-state index in [0.717, 1.165) is 0 Å². The topological polar surface area (TPSA) is 1090 Å². The third-order valence-corrected chi connectivity index (χ3v) is 20.3. The van der Waals surface area contributed by atoms with Crippen LogP contribution in [0.5, 0.6) is 0 Å². The summed E-state index contributed by atoms with van der Waals surface area (Å²) in [6.07, 6.45) is -1.09. The Morgan fingerprint density at radius 1 is 0.199 bits per heavy atom. The summed E-state index contributed by atoms with van der Waals surface area (Å²) < 4.78 is 0. The molecule has 0 saturated heterocycles. The fourth-order valence-corrected chi connectivity index (χ4v) is 13.2. The van der Waals surface area contributed by atoms with Gasteiger partial charge in [0.2, 0.25) is 76.8 Å². The number of carboxylic acid groups (broad SMARTS) is 1. The van der Waals surface area contributed by atoms with Gasteiger partial charge in [0, 0.05) is 65.3 Å². The van der Waals surface area contributed by atoms with Crippen LogP contribution in [0.15, 0.2) is 0 Å². The third kappa shape index (κ3) is 59.4. The van der Waals surface area contributed by atoms with Crippen LogP contribution in [0.4, 0.5) is 0 Å². The average molecular weight is 1940 g/mol. The van der Waals surface area contributed by atoms with Gasteiger partial charge in [-0.05, 0) is 193 Å². The number of nitrogens with one attached hydrogen (secondary N) is 30. The summed E-state index contributed by atoms with van der Waals surface area (Å²) in [5, 5.41) is 134. The van der Waals surface area contributed by atoms with E-state index >= 15 is 19.2 Å². The fourth-order valence-electron chi connectivity index (χ4n) is 13.2. The van der Waals surface area contributed by atoms with E-state index < -0.39 is 222 Å². The first kappa shape index (κ1) is 122. The van der Waals surface area contributed by atoms with Crippen molar-refractivity contribution in [3.05, 3.63) is 0 Å². The van der Waals surface area contributed by atoms with E-state index in [0.29, 0.717) is 19.4 Å². The summed E-state index contributed by atoms with van der Waals surface area (Å²) in [4.78, 5) is 201. The van der Waals surface area contributed by atoms with Crippen molar-refractivity contribution < 1.29 is 72.2 Å². The molecule has 0 aliphatic heterocycles. The Labute approximate surface area is 789 Å². The average Bonchev–Trinajstić information content (AvgIpc) is 0.852. The Kier molecular flexibility index (Phi) is 64.0. The number of rotatable bonds is 76. The van der Waals surface area contributed by atoms with Crippen LogP contribution in [0, 0.1) is 48.7 Å². The standard InChI is InChI=1S/C77H154N44O15/c78-30-4-1-16-42(81)56(123)110-45(19-7-33-101-69(83)84)59(126)114-48(22-10-36-104-72(89)90)62(129)116-49(23-11-37-105-73(91)92)63(130)115-46(20-8-34-102-70(85)86)60(127)112-43(17-2-5-31-79)57(124)111-44(18-3-6-32-80)58(125)113-47(21-9-35-103-71(87)88)61(128)117-51(25-13-39-107-75(95)96)65(132)120-53(28-29-55(82)122)67(134)119-50(24-12-38-106-74(93)94)64(131)118-52(26-14-40-108-76(97)98)66(133)121-54(68(135)136)27-15-41-109-77(99)100/h42-54H,1-41,78-81H2,(H2,82,122)(H,110,123)(H,111,124)(H,112,127)(H,113,125)(H,114,126)(H,115,130)(H,116,129)(H,117,128)(H,118,131)(H,119,134)(H,120,132)(H,121,133)(H,135,136)(H4,83,84,101)(H4,85,86,102)(H4,87,88,103)(H4,89,90,104)(H4,91,92,105)(H4,93,94,106)(H4,95,96,107)(H4,97,98,108)(H4,99,100,109)/t42-,43-,44-,45-,46-,47-,48-,49-,50-,51-,52-,53-,54-/m0/s1. The van der Waals surface area contributed by atoms with Crippen molar-refractivity contribution in [1.29, 1.82) is 48.7 Å². The van der Waals surface area contributed by atoms with Crippen LogP contribution in [-0.2, 0) is 67.1 Å². The Bertz CT molecular complexity index is 3870. The summed E-state index contributed by atoms with van der Waals surface area (Å²) in [6, 6.07) is -20.0. The number of primary amides is 1. The van der Waals surface area contributed by atoms with E-state index in [9.17, 15) is 53.1 Å². The van der Waals surface area contributed by atoms with Gasteiger partial charge in [-0.1, -0.05) is 6.42 Å². The number of hydrogen-bond donors (Lipinski definition) is 45. The molecular weight excluding hydrogens is 1780 g/mol. The Morgan fingerprint density at radius 2 is 0.338 bits per heavy atom. The zero-order valence-electron chi connectivity index (χ0n) is 77.2. The molecule has 0 aromatic rings. The molecule has 0 saturated carbocycles. The van der Waals surface area contributed by atoms with Crippen LogP contribution < -0.4 is 192 Å². The second-order valence-electron chi connectivity index (χ2n) is 31.9. The van der Waals surface area contributed by atoms with Crippen LogP contribution in [-0.4, -0.2) is 299 Å². The van der Waals surface area contributed by atoms with Gasteiger partial charge in [0.15, 0.2) is 53.6 Å². The largest absolute Gasteiger partial charge is 0.480 e. The van der Waals surface area contributed by atoms with Crippen LogP contribution >= 0.6 is 0 Å². The molecule has 0 heterocycles. The third-order valence-electron chi connectivity index (χ3n) is 20.3. The van der Waals surface area contributed by atoms with Crippen LogP contribution in [0.25, 0.3) is 0 Å². The summed E-state index contributed by atoms with van der Waals surface area (Å²) in [7, 11) is 0. The lowest BCUT2D eigenvalue weighted by atomic mass is 10.0. The molecule has 0 rings (SSSR count). The molecule has 0 aromatic carbocycles. The molecule has 59 nitrogen and oxygen atoms in total. The van der Waals surface area contributed by atoms with Crippen molar-refractivity contribution in [2.75, 3.05) is 78.5 Å². The van der Waals surface area contributed by atoms with Gasteiger partial charge in [-0.15, -0.1) is 0 Å². The first-order valence-electron chi connectivity index (χ1n) is 45.1. The van der Waals surface area contributed by atoms with Crippen molar-refractivity contribution in [2.24, 2.45) is 80.3 Å². The first-order chi connectivity index (χ1) is 64.3. The molecule has 59 N–H and O–H groups in total. The van der Waals surface area contributed by atoms with E-state index in [2.05, 4.69) is 112 Å². The maximum atomic E-state index is 15.1. The number of guanidine groups is 9. The number of amides is 13. The molecule has 0 spiro atoms. The number of carbonyl (C=O) groups excluding carboxylic acids is 13. The van der Waals surface area contributed by atoms with E-state index in [-0.39, 0.29) is 238 Å². The molecule has 0 bridgehead atoms. The summed E-state index contributed by atoms with van der Waals surface area (Å²) >= 11 is 0.